The van der Waals surface area contributed by atoms with Gasteiger partial charge in [-0.3, -0.25) is 4.57 Å². The fourth-order valence-electron chi connectivity index (χ4n) is 3.10. The van der Waals surface area contributed by atoms with Crippen LogP contribution in [0.4, 0.5) is 5.69 Å². The molecule has 0 saturated heterocycles. The first-order valence-electron chi connectivity index (χ1n) is 8.22. The summed E-state index contributed by atoms with van der Waals surface area (Å²) in [6, 6.07) is 12.0. The zero-order chi connectivity index (χ0) is 17.6. The molecular formula is C19H19ClN4O. The van der Waals surface area contributed by atoms with Gasteiger partial charge in [0, 0.05) is 29.1 Å². The van der Waals surface area contributed by atoms with Gasteiger partial charge in [0.05, 0.1) is 18.5 Å². The van der Waals surface area contributed by atoms with Crippen molar-refractivity contribution in [1.29, 1.82) is 0 Å². The largest absolute Gasteiger partial charge is 0.497 e. The van der Waals surface area contributed by atoms with Crippen LogP contribution in [0.3, 0.4) is 0 Å². The molecule has 2 aromatic carbocycles. The Balaban J connectivity index is 1.95. The zero-order valence-electron chi connectivity index (χ0n) is 14.4. The van der Waals surface area contributed by atoms with E-state index in [1.165, 1.54) is 0 Å². The van der Waals surface area contributed by atoms with Gasteiger partial charge in [0.1, 0.15) is 11.6 Å². The normalized spacial score (nSPS) is 15.8. The summed E-state index contributed by atoms with van der Waals surface area (Å²) < 4.78 is 7.47. The molecule has 1 aliphatic rings. The summed E-state index contributed by atoms with van der Waals surface area (Å²) in [5.41, 5.74) is 4.01. The van der Waals surface area contributed by atoms with Crippen molar-refractivity contribution in [3.8, 4) is 22.8 Å². The maximum Gasteiger partial charge on any atom is 0.168 e. The maximum atomic E-state index is 6.33. The Morgan fingerprint density at radius 3 is 2.80 bits per heavy atom. The van der Waals surface area contributed by atoms with Crippen LogP contribution < -0.4 is 10.1 Å². The third kappa shape index (κ3) is 2.65. The lowest BCUT2D eigenvalue weighted by atomic mass is 10.1. The van der Waals surface area contributed by atoms with E-state index in [1.54, 1.807) is 7.11 Å². The summed E-state index contributed by atoms with van der Waals surface area (Å²) in [7, 11) is 1.67. The van der Waals surface area contributed by atoms with Gasteiger partial charge in [-0.05, 0) is 30.7 Å². The predicted molar refractivity (Wildman–Crippen MR) is 100.0 cm³/mol. The number of nitrogens with one attached hydrogen (secondary N) is 1. The molecule has 0 saturated carbocycles. The topological polar surface area (TPSA) is 52.0 Å². The Kier molecular flexibility index (Phi) is 3.88. The summed E-state index contributed by atoms with van der Waals surface area (Å²) in [5, 5.41) is 13.1. The first-order chi connectivity index (χ1) is 12.1. The average molecular weight is 355 g/mol. The quantitative estimate of drug-likeness (QED) is 0.739. The first kappa shape index (κ1) is 16.0. The van der Waals surface area contributed by atoms with Crippen LogP contribution in [0.25, 0.3) is 17.1 Å². The van der Waals surface area contributed by atoms with Gasteiger partial charge in [-0.15, -0.1) is 10.2 Å². The van der Waals surface area contributed by atoms with Gasteiger partial charge < -0.3 is 10.1 Å². The highest BCUT2D eigenvalue weighted by Crippen LogP contribution is 2.36. The van der Waals surface area contributed by atoms with Gasteiger partial charge in [0.15, 0.2) is 5.82 Å². The Labute approximate surface area is 151 Å². The molecule has 6 heteroatoms. The van der Waals surface area contributed by atoms with Gasteiger partial charge in [-0.2, -0.15) is 0 Å². The molecule has 25 heavy (non-hydrogen) atoms. The number of methoxy groups -OCH3 is 1. The lowest BCUT2D eigenvalue weighted by Gasteiger charge is -2.13. The second kappa shape index (κ2) is 6.08. The number of ether oxygens (including phenoxy) is 1. The van der Waals surface area contributed by atoms with Crippen LogP contribution in [0.2, 0.25) is 5.02 Å². The van der Waals surface area contributed by atoms with Crippen LogP contribution in [-0.2, 0) is 0 Å². The van der Waals surface area contributed by atoms with Crippen LogP contribution in [-0.4, -0.2) is 28.4 Å². The zero-order valence-corrected chi connectivity index (χ0v) is 15.1. The van der Waals surface area contributed by atoms with Crippen molar-refractivity contribution in [2.24, 2.45) is 0 Å². The molecule has 1 aromatic heterocycles. The molecular weight excluding hydrogens is 336 g/mol. The molecule has 0 aliphatic carbocycles. The number of aryl methyl sites for hydroxylation is 1. The van der Waals surface area contributed by atoms with Crippen molar-refractivity contribution in [1.82, 2.24) is 14.8 Å². The number of rotatable bonds is 2. The van der Waals surface area contributed by atoms with Gasteiger partial charge in [-0.25, -0.2) is 0 Å². The molecule has 0 fully saturated rings. The van der Waals surface area contributed by atoms with E-state index < -0.39 is 0 Å². The van der Waals surface area contributed by atoms with Gasteiger partial charge in [0.2, 0.25) is 0 Å². The van der Waals surface area contributed by atoms with E-state index in [-0.39, 0.29) is 5.92 Å². The predicted octanol–water partition coefficient (Wildman–Crippen LogP) is 4.43. The number of halogens is 1. The second-order valence-electron chi connectivity index (χ2n) is 6.35. The lowest BCUT2D eigenvalue weighted by molar-refractivity contribution is 0.415. The van der Waals surface area contributed by atoms with E-state index >= 15 is 0 Å². The average Bonchev–Trinajstić information content (AvgIpc) is 3.01. The molecule has 0 bridgehead atoms. The third-order valence-corrected chi connectivity index (χ3v) is 5.01. The molecule has 128 valence electrons. The number of nitrogens with zero attached hydrogens (tertiary/aromatic N) is 3. The van der Waals surface area contributed by atoms with Crippen molar-refractivity contribution in [3.63, 3.8) is 0 Å². The van der Waals surface area contributed by atoms with Crippen LogP contribution in [0.15, 0.2) is 36.4 Å². The smallest absolute Gasteiger partial charge is 0.168 e. The third-order valence-electron chi connectivity index (χ3n) is 4.60. The van der Waals surface area contributed by atoms with E-state index in [9.17, 15) is 0 Å². The molecule has 5 nitrogen and oxygen atoms in total. The van der Waals surface area contributed by atoms with E-state index in [0.717, 1.165) is 51.5 Å². The molecule has 1 aliphatic heterocycles. The Morgan fingerprint density at radius 1 is 1.20 bits per heavy atom. The van der Waals surface area contributed by atoms with Crippen molar-refractivity contribution >= 4 is 17.3 Å². The van der Waals surface area contributed by atoms with Crippen molar-refractivity contribution in [2.75, 3.05) is 19.0 Å². The monoisotopic (exact) mass is 354 g/mol. The molecule has 4 rings (SSSR count). The van der Waals surface area contributed by atoms with Gasteiger partial charge in [-0.1, -0.05) is 30.7 Å². The molecule has 2 heterocycles. The summed E-state index contributed by atoms with van der Waals surface area (Å²) >= 11 is 6.33. The number of anilines is 1. The SMILES string of the molecule is COc1ccc2c(c1)NCC(C)c1nnc(-c3ccc(C)c(Cl)c3)n1-2. The van der Waals surface area contributed by atoms with Crippen LogP contribution in [0.5, 0.6) is 5.75 Å². The van der Waals surface area contributed by atoms with E-state index in [2.05, 4.69) is 27.0 Å². The van der Waals surface area contributed by atoms with Crippen molar-refractivity contribution < 1.29 is 4.74 Å². The molecule has 1 atom stereocenters. The van der Waals surface area contributed by atoms with Crippen molar-refractivity contribution in [3.05, 3.63) is 52.8 Å². The molecule has 0 radical (unpaired) electrons. The van der Waals surface area contributed by atoms with Crippen LogP contribution in [0, 0.1) is 6.92 Å². The summed E-state index contributed by atoms with van der Waals surface area (Å²) in [6.45, 7) is 4.92. The fourth-order valence-corrected chi connectivity index (χ4v) is 3.29. The number of fused-ring (bicyclic) bond motifs is 3. The highest BCUT2D eigenvalue weighted by Gasteiger charge is 2.25. The first-order valence-corrected chi connectivity index (χ1v) is 8.60. The van der Waals surface area contributed by atoms with E-state index in [4.69, 9.17) is 16.3 Å². The summed E-state index contributed by atoms with van der Waals surface area (Å²) in [5.74, 6) is 2.76. The molecule has 1 unspecified atom stereocenters. The van der Waals surface area contributed by atoms with Crippen LogP contribution in [0.1, 0.15) is 24.2 Å². The van der Waals surface area contributed by atoms with Crippen LogP contribution >= 0.6 is 11.6 Å². The van der Waals surface area contributed by atoms with E-state index in [1.807, 2.05) is 43.3 Å². The highest BCUT2D eigenvalue weighted by atomic mass is 35.5. The summed E-state index contributed by atoms with van der Waals surface area (Å²) in [6.07, 6.45) is 0. The highest BCUT2D eigenvalue weighted by molar-refractivity contribution is 6.31. The minimum atomic E-state index is 0.223. The Bertz CT molecular complexity index is 951. The number of hydrogen-bond acceptors (Lipinski definition) is 4. The minimum absolute atomic E-state index is 0.223. The molecule has 0 spiro atoms. The van der Waals surface area contributed by atoms with Crippen molar-refractivity contribution in [2.45, 2.75) is 19.8 Å². The Morgan fingerprint density at radius 2 is 2.04 bits per heavy atom. The standard InChI is InChI=1S/C19H19ClN4O/c1-11-4-5-13(8-15(11)20)19-23-22-18-12(2)10-21-16-9-14(25-3)6-7-17(16)24(18)19/h4-9,12,21H,10H2,1-3H3. The molecule has 0 amide bonds. The Hall–Kier alpha value is -2.53. The van der Waals surface area contributed by atoms with Gasteiger partial charge >= 0.3 is 0 Å². The molecule has 1 N–H and O–H groups in total. The van der Waals surface area contributed by atoms with E-state index in [0.29, 0.717) is 0 Å². The second-order valence-corrected chi connectivity index (χ2v) is 6.75. The maximum absolute atomic E-state index is 6.33. The van der Waals surface area contributed by atoms with Gasteiger partial charge in [0.25, 0.3) is 0 Å². The summed E-state index contributed by atoms with van der Waals surface area (Å²) in [4.78, 5) is 0. The number of benzene rings is 2. The number of hydrogen-bond donors (Lipinski definition) is 1. The molecule has 3 aromatic rings. The fraction of sp³-hybridized carbons (Fsp3) is 0.263. The minimum Gasteiger partial charge on any atom is -0.497 e. The number of aromatic nitrogens is 3. The lowest BCUT2D eigenvalue weighted by Crippen LogP contribution is -2.09.